The third kappa shape index (κ3) is 3.68. The number of rotatable bonds is 6. The van der Waals surface area contributed by atoms with E-state index in [1.165, 1.54) is 6.20 Å². The Balaban J connectivity index is 1.85. The average molecular weight is 368 g/mol. The second kappa shape index (κ2) is 6.78. The molecule has 0 atom stereocenters. The smallest absolute Gasteiger partial charge is 0.329 e. The zero-order valence-electron chi connectivity index (χ0n) is 12.9. The van der Waals surface area contributed by atoms with Crippen molar-refractivity contribution in [3.05, 3.63) is 50.1 Å². The van der Waals surface area contributed by atoms with Gasteiger partial charge in [-0.05, 0) is 24.5 Å². The summed E-state index contributed by atoms with van der Waals surface area (Å²) in [5.41, 5.74) is 0.699. The van der Waals surface area contributed by atoms with Crippen LogP contribution in [0.5, 0.6) is 0 Å². The van der Waals surface area contributed by atoms with E-state index in [0.29, 0.717) is 22.5 Å². The highest BCUT2D eigenvalue weighted by atomic mass is 35.5. The lowest BCUT2D eigenvalue weighted by atomic mass is 10.2. The van der Waals surface area contributed by atoms with Gasteiger partial charge in [0.25, 0.3) is 0 Å². The first-order valence-electron chi connectivity index (χ1n) is 7.37. The molecule has 1 N–H and O–H groups in total. The Hall–Kier alpha value is -2.12. The summed E-state index contributed by atoms with van der Waals surface area (Å²) in [7, 11) is 1.79. The molecular weight excluding hydrogens is 353 g/mol. The largest absolute Gasteiger partial charge is 0.361 e. The highest BCUT2D eigenvalue weighted by molar-refractivity contribution is 6.42. The molecule has 1 aromatic carbocycles. The highest BCUT2D eigenvalue weighted by Gasteiger charge is 2.27. The monoisotopic (exact) mass is 367 g/mol. The minimum Gasteiger partial charge on any atom is -0.361 e. The fraction of sp³-hybridized carbons (Fsp3) is 0.333. The summed E-state index contributed by atoms with van der Waals surface area (Å²) in [5, 5.41) is 15.1. The van der Waals surface area contributed by atoms with Crippen LogP contribution in [0, 0.1) is 10.1 Å². The fourth-order valence-corrected chi connectivity index (χ4v) is 2.59. The van der Waals surface area contributed by atoms with E-state index in [-0.39, 0.29) is 17.5 Å². The summed E-state index contributed by atoms with van der Waals surface area (Å²) in [5.74, 6) is 0.622. The number of aromatic nitrogens is 2. The SMILES string of the molecule is CN(Cc1cccc(Cl)c1Cl)c1ncc([N+](=O)[O-])c(NC2CC2)n1. The van der Waals surface area contributed by atoms with E-state index in [4.69, 9.17) is 23.2 Å². The Labute approximate surface area is 148 Å². The maximum atomic E-state index is 11.1. The van der Waals surface area contributed by atoms with Crippen molar-refractivity contribution in [2.75, 3.05) is 17.3 Å². The molecule has 126 valence electrons. The van der Waals surface area contributed by atoms with Crippen molar-refractivity contribution < 1.29 is 4.92 Å². The molecule has 24 heavy (non-hydrogen) atoms. The van der Waals surface area contributed by atoms with Gasteiger partial charge in [0.15, 0.2) is 0 Å². The Morgan fingerprint density at radius 1 is 1.42 bits per heavy atom. The summed E-state index contributed by atoms with van der Waals surface area (Å²) in [6.07, 6.45) is 3.21. The molecule has 9 heteroatoms. The molecule has 1 heterocycles. The molecule has 0 aliphatic heterocycles. The molecule has 7 nitrogen and oxygen atoms in total. The number of benzene rings is 1. The molecule has 1 aliphatic rings. The summed E-state index contributed by atoms with van der Waals surface area (Å²) in [6, 6.07) is 5.64. The molecule has 0 spiro atoms. The molecule has 0 saturated heterocycles. The van der Waals surface area contributed by atoms with Crippen LogP contribution in [-0.2, 0) is 6.54 Å². The molecule has 2 aromatic rings. The molecular formula is C15H15Cl2N5O2. The van der Waals surface area contributed by atoms with Crippen molar-refractivity contribution in [1.82, 2.24) is 9.97 Å². The van der Waals surface area contributed by atoms with Crippen molar-refractivity contribution in [3.8, 4) is 0 Å². The van der Waals surface area contributed by atoms with Crippen LogP contribution in [0.1, 0.15) is 18.4 Å². The van der Waals surface area contributed by atoms with Crippen molar-refractivity contribution in [2.24, 2.45) is 0 Å². The van der Waals surface area contributed by atoms with Crippen molar-refractivity contribution >= 4 is 40.7 Å². The van der Waals surface area contributed by atoms with Crippen LogP contribution in [0.4, 0.5) is 17.5 Å². The Kier molecular flexibility index (Phi) is 4.73. The number of hydrogen-bond donors (Lipinski definition) is 1. The third-order valence-corrected chi connectivity index (χ3v) is 4.51. The number of nitrogens with zero attached hydrogens (tertiary/aromatic N) is 4. The average Bonchev–Trinajstić information content (AvgIpc) is 3.35. The van der Waals surface area contributed by atoms with E-state index in [2.05, 4.69) is 15.3 Å². The van der Waals surface area contributed by atoms with Gasteiger partial charge in [-0.25, -0.2) is 4.98 Å². The van der Waals surface area contributed by atoms with Crippen molar-refractivity contribution in [2.45, 2.75) is 25.4 Å². The number of halogens is 2. The van der Waals surface area contributed by atoms with Gasteiger partial charge in [-0.15, -0.1) is 0 Å². The van der Waals surface area contributed by atoms with Crippen LogP contribution in [0.2, 0.25) is 10.0 Å². The Bertz CT molecular complexity index is 782. The number of hydrogen-bond acceptors (Lipinski definition) is 6. The molecule has 1 aliphatic carbocycles. The molecule has 0 amide bonds. The van der Waals surface area contributed by atoms with Gasteiger partial charge >= 0.3 is 5.69 Å². The van der Waals surface area contributed by atoms with Gasteiger partial charge in [0.1, 0.15) is 6.20 Å². The van der Waals surface area contributed by atoms with Gasteiger partial charge in [0, 0.05) is 19.6 Å². The lowest BCUT2D eigenvalue weighted by Gasteiger charge is -2.18. The number of anilines is 2. The summed E-state index contributed by atoms with van der Waals surface area (Å²) < 4.78 is 0. The quantitative estimate of drug-likeness (QED) is 0.615. The van der Waals surface area contributed by atoms with E-state index in [1.54, 1.807) is 18.0 Å². The van der Waals surface area contributed by atoms with Gasteiger partial charge in [0.05, 0.1) is 15.0 Å². The first kappa shape index (κ1) is 16.7. The number of nitro groups is 1. The maximum absolute atomic E-state index is 11.1. The van der Waals surface area contributed by atoms with Crippen LogP contribution < -0.4 is 10.2 Å². The van der Waals surface area contributed by atoms with E-state index in [0.717, 1.165) is 18.4 Å². The standard InChI is InChI=1S/C15H15Cl2N5O2/c1-21(8-9-3-2-4-11(16)13(9)17)15-18-7-12(22(23)24)14(20-15)19-10-5-6-10/h2-4,7,10H,5-6,8H2,1H3,(H,18,19,20). The van der Waals surface area contributed by atoms with Crippen LogP contribution in [0.25, 0.3) is 0 Å². The van der Waals surface area contributed by atoms with Gasteiger partial charge in [-0.3, -0.25) is 10.1 Å². The summed E-state index contributed by atoms with van der Waals surface area (Å²) >= 11 is 12.2. The molecule has 1 fully saturated rings. The Morgan fingerprint density at radius 3 is 2.83 bits per heavy atom. The number of nitrogens with one attached hydrogen (secondary N) is 1. The lowest BCUT2D eigenvalue weighted by molar-refractivity contribution is -0.384. The van der Waals surface area contributed by atoms with Crippen molar-refractivity contribution in [1.29, 1.82) is 0 Å². The van der Waals surface area contributed by atoms with E-state index >= 15 is 0 Å². The van der Waals surface area contributed by atoms with Gasteiger partial charge in [-0.2, -0.15) is 4.98 Å². The lowest BCUT2D eigenvalue weighted by Crippen LogP contribution is -2.20. The zero-order chi connectivity index (χ0) is 17.3. The molecule has 0 radical (unpaired) electrons. The third-order valence-electron chi connectivity index (χ3n) is 3.65. The molecule has 0 unspecified atom stereocenters. The molecule has 0 bridgehead atoms. The Morgan fingerprint density at radius 2 is 2.17 bits per heavy atom. The van der Waals surface area contributed by atoms with E-state index < -0.39 is 4.92 Å². The van der Waals surface area contributed by atoms with E-state index in [9.17, 15) is 10.1 Å². The minimum atomic E-state index is -0.484. The second-order valence-corrected chi connectivity index (χ2v) is 6.43. The fourth-order valence-electron chi connectivity index (χ4n) is 2.21. The predicted octanol–water partition coefficient (Wildman–Crippen LogP) is 3.90. The van der Waals surface area contributed by atoms with Crippen LogP contribution in [0.15, 0.2) is 24.4 Å². The van der Waals surface area contributed by atoms with Gasteiger partial charge in [-0.1, -0.05) is 35.3 Å². The molecule has 1 aromatic heterocycles. The first-order valence-corrected chi connectivity index (χ1v) is 8.13. The minimum absolute atomic E-state index is 0.125. The van der Waals surface area contributed by atoms with Crippen LogP contribution in [0.3, 0.4) is 0 Å². The van der Waals surface area contributed by atoms with Crippen molar-refractivity contribution in [3.63, 3.8) is 0 Å². The molecule has 3 rings (SSSR count). The zero-order valence-corrected chi connectivity index (χ0v) is 14.4. The van der Waals surface area contributed by atoms with E-state index in [1.807, 2.05) is 12.1 Å². The van der Waals surface area contributed by atoms with Gasteiger partial charge < -0.3 is 10.2 Å². The second-order valence-electron chi connectivity index (χ2n) is 5.65. The summed E-state index contributed by atoms with van der Waals surface area (Å²) in [6.45, 7) is 0.431. The highest BCUT2D eigenvalue weighted by Crippen LogP contribution is 2.31. The predicted molar refractivity (Wildman–Crippen MR) is 93.9 cm³/mol. The van der Waals surface area contributed by atoms with Crippen LogP contribution in [-0.4, -0.2) is 28.0 Å². The summed E-state index contributed by atoms with van der Waals surface area (Å²) in [4.78, 5) is 20.8. The normalized spacial score (nSPS) is 13.6. The topological polar surface area (TPSA) is 84.2 Å². The van der Waals surface area contributed by atoms with Gasteiger partial charge in [0.2, 0.25) is 11.8 Å². The maximum Gasteiger partial charge on any atom is 0.329 e. The van der Waals surface area contributed by atoms with Crippen LogP contribution >= 0.6 is 23.2 Å². The first-order chi connectivity index (χ1) is 11.5. The molecule has 1 saturated carbocycles.